The Bertz CT molecular complexity index is 740. The predicted molar refractivity (Wildman–Crippen MR) is 77.9 cm³/mol. The summed E-state index contributed by atoms with van der Waals surface area (Å²) in [7, 11) is -3.90. The molecule has 7 heteroatoms. The number of halogens is 1. The van der Waals surface area contributed by atoms with Crippen LogP contribution in [0.5, 0.6) is 0 Å². The van der Waals surface area contributed by atoms with Gasteiger partial charge in [0, 0.05) is 12.6 Å². The number of nitrogens with two attached hydrogens (primary N) is 1. The molecular formula is C14H17FN2O3S. The Morgan fingerprint density at radius 3 is 2.52 bits per heavy atom. The van der Waals surface area contributed by atoms with Gasteiger partial charge in [0.05, 0.1) is 12.2 Å². The molecule has 0 bridgehead atoms. The van der Waals surface area contributed by atoms with Gasteiger partial charge in [-0.1, -0.05) is 12.1 Å². The number of nitrogens with zero attached hydrogens (tertiary/aromatic N) is 1. The van der Waals surface area contributed by atoms with E-state index in [1.807, 2.05) is 0 Å². The van der Waals surface area contributed by atoms with Crippen molar-refractivity contribution in [3.05, 3.63) is 47.7 Å². The monoisotopic (exact) mass is 312 g/mol. The van der Waals surface area contributed by atoms with Crippen LogP contribution in [-0.2, 0) is 16.6 Å². The van der Waals surface area contributed by atoms with Gasteiger partial charge in [0.2, 0.25) is 0 Å². The van der Waals surface area contributed by atoms with E-state index in [1.165, 1.54) is 24.3 Å². The molecule has 0 saturated heterocycles. The molecule has 2 rings (SSSR count). The molecule has 114 valence electrons. The van der Waals surface area contributed by atoms with Gasteiger partial charge in [-0.25, -0.2) is 12.8 Å². The second-order valence-corrected chi connectivity index (χ2v) is 6.29. The first kappa shape index (κ1) is 15.5. The quantitative estimate of drug-likeness (QED) is 0.919. The third-order valence-electron chi connectivity index (χ3n) is 3.10. The van der Waals surface area contributed by atoms with Crippen molar-refractivity contribution in [2.45, 2.75) is 25.3 Å². The second-order valence-electron chi connectivity index (χ2n) is 4.46. The predicted octanol–water partition coefficient (Wildman–Crippen LogP) is 2.40. The van der Waals surface area contributed by atoms with E-state index in [0.717, 1.165) is 4.31 Å². The molecular weight excluding hydrogens is 295 g/mol. The molecule has 1 aromatic heterocycles. The van der Waals surface area contributed by atoms with Crippen LogP contribution >= 0.6 is 0 Å². The van der Waals surface area contributed by atoms with Crippen molar-refractivity contribution in [3.8, 4) is 0 Å². The third kappa shape index (κ3) is 2.79. The van der Waals surface area contributed by atoms with Crippen molar-refractivity contribution in [1.29, 1.82) is 0 Å². The smallest absolute Gasteiger partial charge is 0.267 e. The maximum absolute atomic E-state index is 13.9. The van der Waals surface area contributed by atoms with Crippen LogP contribution in [-0.4, -0.2) is 15.0 Å². The van der Waals surface area contributed by atoms with Crippen LogP contribution in [0.15, 0.2) is 39.6 Å². The summed E-state index contributed by atoms with van der Waals surface area (Å²) in [5.41, 5.74) is 5.47. The summed E-state index contributed by atoms with van der Waals surface area (Å²) in [6, 6.07) is 7.13. The van der Waals surface area contributed by atoms with Crippen LogP contribution in [0.2, 0.25) is 0 Å². The van der Waals surface area contributed by atoms with Crippen LogP contribution in [0.3, 0.4) is 0 Å². The van der Waals surface area contributed by atoms with Crippen molar-refractivity contribution in [1.82, 2.24) is 0 Å². The van der Waals surface area contributed by atoms with Gasteiger partial charge in [-0.15, -0.1) is 0 Å². The van der Waals surface area contributed by atoms with Gasteiger partial charge in [0.1, 0.15) is 22.2 Å². The SMILES string of the molecule is CCN(c1ccccc1F)S(=O)(=O)c1cc(CN)oc1C. The highest BCUT2D eigenvalue weighted by Crippen LogP contribution is 2.29. The number of anilines is 1. The summed E-state index contributed by atoms with van der Waals surface area (Å²) < 4.78 is 45.6. The van der Waals surface area contributed by atoms with Crippen molar-refractivity contribution >= 4 is 15.7 Å². The fourth-order valence-corrected chi connectivity index (χ4v) is 3.79. The zero-order chi connectivity index (χ0) is 15.6. The summed E-state index contributed by atoms with van der Waals surface area (Å²) in [5.74, 6) is 0.0176. The molecule has 1 aromatic carbocycles. The fraction of sp³-hybridized carbons (Fsp3) is 0.286. The number of para-hydroxylation sites is 1. The Kier molecular flexibility index (Phi) is 4.34. The molecule has 21 heavy (non-hydrogen) atoms. The van der Waals surface area contributed by atoms with Crippen molar-refractivity contribution in [2.75, 3.05) is 10.8 Å². The van der Waals surface area contributed by atoms with Crippen molar-refractivity contribution < 1.29 is 17.2 Å². The first-order valence-corrected chi connectivity index (χ1v) is 7.92. The van der Waals surface area contributed by atoms with E-state index in [-0.39, 0.29) is 29.4 Å². The van der Waals surface area contributed by atoms with E-state index in [4.69, 9.17) is 10.2 Å². The maximum atomic E-state index is 13.9. The Morgan fingerprint density at radius 2 is 2.00 bits per heavy atom. The normalized spacial score (nSPS) is 11.6. The van der Waals surface area contributed by atoms with Gasteiger partial charge >= 0.3 is 0 Å². The van der Waals surface area contributed by atoms with Gasteiger partial charge in [0.25, 0.3) is 10.0 Å². The highest BCUT2D eigenvalue weighted by molar-refractivity contribution is 7.92. The molecule has 0 aliphatic carbocycles. The molecule has 0 atom stereocenters. The first-order chi connectivity index (χ1) is 9.91. The largest absolute Gasteiger partial charge is 0.464 e. The lowest BCUT2D eigenvalue weighted by Crippen LogP contribution is -2.31. The average molecular weight is 312 g/mol. The lowest BCUT2D eigenvalue weighted by molar-refractivity contribution is 0.478. The summed E-state index contributed by atoms with van der Waals surface area (Å²) in [4.78, 5) is 0.00746. The highest BCUT2D eigenvalue weighted by Gasteiger charge is 2.29. The molecule has 0 radical (unpaired) electrons. The number of benzene rings is 1. The van der Waals surface area contributed by atoms with Gasteiger partial charge < -0.3 is 10.2 Å². The Hall–Kier alpha value is -1.86. The molecule has 0 amide bonds. The van der Waals surface area contributed by atoms with E-state index in [0.29, 0.717) is 5.76 Å². The Balaban J connectivity index is 2.55. The Labute approximate surface area is 123 Å². The van der Waals surface area contributed by atoms with Gasteiger partial charge in [-0.05, 0) is 26.0 Å². The summed E-state index contributed by atoms with van der Waals surface area (Å²) >= 11 is 0. The van der Waals surface area contributed by atoms with Crippen molar-refractivity contribution in [3.63, 3.8) is 0 Å². The van der Waals surface area contributed by atoms with Crippen LogP contribution in [0.25, 0.3) is 0 Å². The standard InChI is InChI=1S/C14H17FN2O3S/c1-3-17(13-7-5-4-6-12(13)15)21(18,19)14-8-11(9-16)20-10(14)2/h4-8H,3,9,16H2,1-2H3. The lowest BCUT2D eigenvalue weighted by Gasteiger charge is -2.22. The molecule has 0 unspecified atom stereocenters. The van der Waals surface area contributed by atoms with E-state index < -0.39 is 15.8 Å². The summed E-state index contributed by atoms with van der Waals surface area (Å²) in [6.07, 6.45) is 0. The average Bonchev–Trinajstić information content (AvgIpc) is 2.83. The number of hydrogen-bond acceptors (Lipinski definition) is 4. The van der Waals surface area contributed by atoms with E-state index in [9.17, 15) is 12.8 Å². The molecule has 2 aromatic rings. The lowest BCUT2D eigenvalue weighted by atomic mass is 10.3. The minimum absolute atomic E-state index is 0.00746. The zero-order valence-corrected chi connectivity index (χ0v) is 12.7. The minimum Gasteiger partial charge on any atom is -0.464 e. The van der Waals surface area contributed by atoms with E-state index in [2.05, 4.69) is 0 Å². The van der Waals surface area contributed by atoms with Crippen LogP contribution < -0.4 is 10.0 Å². The van der Waals surface area contributed by atoms with Gasteiger partial charge in [0.15, 0.2) is 0 Å². The molecule has 0 aliphatic heterocycles. The molecule has 0 aliphatic rings. The molecule has 2 N–H and O–H groups in total. The van der Waals surface area contributed by atoms with Gasteiger partial charge in [-0.3, -0.25) is 4.31 Å². The molecule has 0 saturated carbocycles. The summed E-state index contributed by atoms with van der Waals surface area (Å²) in [6.45, 7) is 3.39. The number of rotatable bonds is 5. The maximum Gasteiger partial charge on any atom is 0.267 e. The van der Waals surface area contributed by atoms with E-state index >= 15 is 0 Å². The fourth-order valence-electron chi connectivity index (χ4n) is 2.12. The molecule has 0 spiro atoms. The first-order valence-electron chi connectivity index (χ1n) is 6.48. The third-order valence-corrected chi connectivity index (χ3v) is 5.10. The number of sulfonamides is 1. The number of aryl methyl sites for hydroxylation is 1. The van der Waals surface area contributed by atoms with Crippen LogP contribution in [0.1, 0.15) is 18.4 Å². The van der Waals surface area contributed by atoms with Crippen molar-refractivity contribution in [2.24, 2.45) is 5.73 Å². The topological polar surface area (TPSA) is 76.5 Å². The summed E-state index contributed by atoms with van der Waals surface area (Å²) in [5, 5.41) is 0. The Morgan fingerprint density at radius 1 is 1.33 bits per heavy atom. The number of hydrogen-bond donors (Lipinski definition) is 1. The molecule has 1 heterocycles. The molecule has 0 fully saturated rings. The second kappa shape index (κ2) is 5.87. The van der Waals surface area contributed by atoms with Crippen LogP contribution in [0, 0.1) is 12.7 Å². The van der Waals surface area contributed by atoms with E-state index in [1.54, 1.807) is 19.9 Å². The number of furan rings is 1. The zero-order valence-electron chi connectivity index (χ0n) is 11.8. The van der Waals surface area contributed by atoms with Gasteiger partial charge in [-0.2, -0.15) is 0 Å². The molecule has 5 nitrogen and oxygen atoms in total. The van der Waals surface area contributed by atoms with Crippen LogP contribution in [0.4, 0.5) is 10.1 Å². The highest BCUT2D eigenvalue weighted by atomic mass is 32.2. The minimum atomic E-state index is -3.90.